The number of amides is 2. The normalized spacial score (nSPS) is 15.7. The summed E-state index contributed by atoms with van der Waals surface area (Å²) in [7, 11) is 0. The Morgan fingerprint density at radius 1 is 1.24 bits per heavy atom. The number of nitrogens with zero attached hydrogens (tertiary/aromatic N) is 1. The van der Waals surface area contributed by atoms with Gasteiger partial charge in [-0.3, -0.25) is 4.79 Å². The van der Waals surface area contributed by atoms with Gasteiger partial charge in [-0.05, 0) is 38.8 Å². The molecule has 0 unspecified atom stereocenters. The van der Waals surface area contributed by atoms with Crippen molar-refractivity contribution in [2.24, 2.45) is 0 Å². The van der Waals surface area contributed by atoms with Gasteiger partial charge in [-0.15, -0.1) is 0 Å². The first-order chi connectivity index (χ1) is 9.78. The number of hydrogen-bond donors (Lipinski definition) is 1. The van der Waals surface area contributed by atoms with Crippen molar-refractivity contribution in [2.45, 2.75) is 39.2 Å². The molecule has 0 aromatic heterocycles. The van der Waals surface area contributed by atoms with E-state index < -0.39 is 11.7 Å². The Bertz CT molecular complexity index is 600. The monoisotopic (exact) mass is 288 g/mol. The summed E-state index contributed by atoms with van der Waals surface area (Å²) in [5.74, 6) is -0.262. The number of para-hydroxylation sites is 1. The molecular formula is C16H20N2O3. The van der Waals surface area contributed by atoms with Gasteiger partial charge in [0.25, 0.3) is 0 Å². The minimum absolute atomic E-state index is 0.262. The number of allylic oxidation sites excluding steroid dienone is 1. The molecule has 0 radical (unpaired) electrons. The van der Waals surface area contributed by atoms with Gasteiger partial charge in [0.15, 0.2) is 0 Å². The van der Waals surface area contributed by atoms with E-state index in [1.54, 1.807) is 26.8 Å². The number of nitrogens with two attached hydrogens (primary N) is 1. The van der Waals surface area contributed by atoms with Crippen LogP contribution < -0.4 is 5.73 Å². The van der Waals surface area contributed by atoms with Crippen LogP contribution in [0.4, 0.5) is 10.5 Å². The Kier molecular flexibility index (Phi) is 4.02. The Morgan fingerprint density at radius 2 is 1.90 bits per heavy atom. The fraction of sp³-hybridized carbons (Fsp3) is 0.375. The van der Waals surface area contributed by atoms with Crippen molar-refractivity contribution < 1.29 is 14.3 Å². The quantitative estimate of drug-likeness (QED) is 0.806. The van der Waals surface area contributed by atoms with Crippen molar-refractivity contribution in [3.8, 4) is 0 Å². The number of anilines is 1. The van der Waals surface area contributed by atoms with E-state index in [1.807, 2.05) is 18.2 Å². The van der Waals surface area contributed by atoms with E-state index in [0.717, 1.165) is 16.0 Å². The third kappa shape index (κ3) is 3.62. The molecule has 21 heavy (non-hydrogen) atoms. The summed E-state index contributed by atoms with van der Waals surface area (Å²) in [4.78, 5) is 25.1. The highest BCUT2D eigenvalue weighted by atomic mass is 16.6. The molecule has 2 amide bonds. The summed E-state index contributed by atoms with van der Waals surface area (Å²) in [6.07, 6.45) is 1.70. The van der Waals surface area contributed by atoms with Crippen LogP contribution in [0, 0.1) is 0 Å². The fourth-order valence-electron chi connectivity index (χ4n) is 2.11. The minimum Gasteiger partial charge on any atom is -0.443 e. The maximum absolute atomic E-state index is 12.1. The molecule has 0 fully saturated rings. The summed E-state index contributed by atoms with van der Waals surface area (Å²) in [5, 5.41) is 0. The first-order valence-corrected chi connectivity index (χ1v) is 6.88. The van der Waals surface area contributed by atoms with E-state index in [2.05, 4.69) is 0 Å². The van der Waals surface area contributed by atoms with Gasteiger partial charge in [0.2, 0.25) is 5.91 Å². The van der Waals surface area contributed by atoms with Gasteiger partial charge in [0, 0.05) is 23.9 Å². The second-order valence-corrected chi connectivity index (χ2v) is 5.99. The first kappa shape index (κ1) is 15.1. The van der Waals surface area contributed by atoms with Gasteiger partial charge in [-0.25, -0.2) is 9.69 Å². The zero-order valence-electron chi connectivity index (χ0n) is 12.6. The Morgan fingerprint density at radius 3 is 2.52 bits per heavy atom. The van der Waals surface area contributed by atoms with E-state index in [1.165, 1.54) is 6.20 Å². The second kappa shape index (κ2) is 5.60. The molecule has 112 valence electrons. The average molecular weight is 288 g/mol. The van der Waals surface area contributed by atoms with Crippen molar-refractivity contribution in [3.63, 3.8) is 0 Å². The number of imide groups is 1. The summed E-state index contributed by atoms with van der Waals surface area (Å²) in [6, 6.07) is 7.40. The summed E-state index contributed by atoms with van der Waals surface area (Å²) >= 11 is 0. The van der Waals surface area contributed by atoms with Crippen LogP contribution in [0.15, 0.2) is 30.5 Å². The third-order valence-electron chi connectivity index (χ3n) is 3.06. The predicted molar refractivity (Wildman–Crippen MR) is 81.1 cm³/mol. The van der Waals surface area contributed by atoms with Gasteiger partial charge in [-0.1, -0.05) is 18.2 Å². The number of rotatable bonds is 1. The summed E-state index contributed by atoms with van der Waals surface area (Å²) in [6.45, 7) is 5.29. The second-order valence-electron chi connectivity index (χ2n) is 5.99. The summed E-state index contributed by atoms with van der Waals surface area (Å²) < 4.78 is 5.25. The molecule has 1 aromatic rings. The van der Waals surface area contributed by atoms with Crippen molar-refractivity contribution >= 4 is 23.3 Å². The van der Waals surface area contributed by atoms with Gasteiger partial charge in [0.1, 0.15) is 5.60 Å². The molecule has 1 aliphatic rings. The molecule has 0 atom stereocenters. The van der Waals surface area contributed by atoms with E-state index in [4.69, 9.17) is 10.5 Å². The zero-order valence-corrected chi connectivity index (χ0v) is 12.6. The topological polar surface area (TPSA) is 72.6 Å². The largest absolute Gasteiger partial charge is 0.443 e. The molecule has 0 aliphatic carbocycles. The van der Waals surface area contributed by atoms with Crippen LogP contribution in [0.3, 0.4) is 0 Å². The zero-order chi connectivity index (χ0) is 15.6. The lowest BCUT2D eigenvalue weighted by Gasteiger charge is -2.27. The predicted octanol–water partition coefficient (Wildman–Crippen LogP) is 3.17. The number of carbonyl (C=O) groups is 2. The third-order valence-corrected chi connectivity index (χ3v) is 3.06. The molecule has 1 aliphatic heterocycles. The minimum atomic E-state index is -0.654. The maximum atomic E-state index is 12.1. The van der Waals surface area contributed by atoms with Crippen LogP contribution in [0.2, 0.25) is 0 Å². The van der Waals surface area contributed by atoms with Gasteiger partial charge >= 0.3 is 6.09 Å². The highest BCUT2D eigenvalue weighted by molar-refractivity contribution is 5.97. The van der Waals surface area contributed by atoms with Crippen molar-refractivity contribution in [1.82, 2.24) is 4.90 Å². The van der Waals surface area contributed by atoms with Gasteiger partial charge in [-0.2, -0.15) is 0 Å². The Balaban J connectivity index is 2.29. The fourth-order valence-corrected chi connectivity index (χ4v) is 2.11. The van der Waals surface area contributed by atoms with Crippen LogP contribution in [0.5, 0.6) is 0 Å². The van der Waals surface area contributed by atoms with E-state index in [-0.39, 0.29) is 12.3 Å². The molecule has 5 nitrogen and oxygen atoms in total. The lowest BCUT2D eigenvalue weighted by Crippen LogP contribution is -2.39. The molecule has 2 rings (SSSR count). The molecule has 0 spiro atoms. The highest BCUT2D eigenvalue weighted by Gasteiger charge is 2.29. The van der Waals surface area contributed by atoms with Crippen molar-refractivity contribution in [1.29, 1.82) is 0 Å². The summed E-state index contributed by atoms with van der Waals surface area (Å²) in [5.41, 5.74) is 7.64. The molecule has 0 saturated carbocycles. The molecule has 5 heteroatoms. The SMILES string of the molecule is CC(C)(C)OC(=O)N1C=C(c2ccccc2N)CCC1=O. The van der Waals surface area contributed by atoms with Crippen LogP contribution in [-0.4, -0.2) is 22.5 Å². The van der Waals surface area contributed by atoms with Crippen molar-refractivity contribution in [2.75, 3.05) is 5.73 Å². The van der Waals surface area contributed by atoms with Crippen LogP contribution in [-0.2, 0) is 9.53 Å². The van der Waals surface area contributed by atoms with Crippen LogP contribution >= 0.6 is 0 Å². The molecular weight excluding hydrogens is 268 g/mol. The lowest BCUT2D eigenvalue weighted by atomic mass is 9.98. The number of nitrogen functional groups attached to an aromatic ring is 1. The smallest absolute Gasteiger partial charge is 0.421 e. The molecule has 0 bridgehead atoms. The average Bonchev–Trinajstić information content (AvgIpc) is 2.38. The van der Waals surface area contributed by atoms with Gasteiger partial charge < -0.3 is 10.5 Å². The number of carbonyl (C=O) groups excluding carboxylic acids is 2. The maximum Gasteiger partial charge on any atom is 0.421 e. The standard InChI is InChI=1S/C16H20N2O3/c1-16(2,3)21-15(20)18-10-11(8-9-14(18)19)12-6-4-5-7-13(12)17/h4-7,10H,8-9,17H2,1-3H3. The Labute approximate surface area is 124 Å². The number of hydrogen-bond acceptors (Lipinski definition) is 4. The molecule has 1 heterocycles. The van der Waals surface area contributed by atoms with Crippen molar-refractivity contribution in [3.05, 3.63) is 36.0 Å². The van der Waals surface area contributed by atoms with Crippen LogP contribution in [0.25, 0.3) is 5.57 Å². The highest BCUT2D eigenvalue weighted by Crippen LogP contribution is 2.29. The number of ether oxygens (including phenoxy) is 1. The van der Waals surface area contributed by atoms with Crippen LogP contribution in [0.1, 0.15) is 39.2 Å². The number of benzene rings is 1. The molecule has 0 saturated heterocycles. The molecule has 1 aromatic carbocycles. The Hall–Kier alpha value is -2.30. The lowest BCUT2D eigenvalue weighted by molar-refractivity contribution is -0.128. The van der Waals surface area contributed by atoms with E-state index in [0.29, 0.717) is 12.1 Å². The van der Waals surface area contributed by atoms with Gasteiger partial charge in [0.05, 0.1) is 0 Å². The van der Waals surface area contributed by atoms with E-state index >= 15 is 0 Å². The first-order valence-electron chi connectivity index (χ1n) is 6.88. The van der Waals surface area contributed by atoms with E-state index in [9.17, 15) is 9.59 Å². The molecule has 2 N–H and O–H groups in total.